The Morgan fingerprint density at radius 1 is 1.43 bits per heavy atom. The minimum atomic E-state index is -4.37. The zero-order chi connectivity index (χ0) is 15.5. The number of carbonyl (C=O) groups excluding carboxylic acids is 1. The van der Waals surface area contributed by atoms with Crippen LogP contribution in [0.25, 0.3) is 0 Å². The number of nitrogens with one attached hydrogen (secondary N) is 1. The molecule has 1 fully saturated rings. The fourth-order valence-corrected chi connectivity index (χ4v) is 2.75. The fraction of sp³-hybridized carbons (Fsp3) is 0.533. The molecule has 1 N–H and O–H groups in total. The lowest BCUT2D eigenvalue weighted by Gasteiger charge is -2.24. The Bertz CT molecular complexity index is 502. The summed E-state index contributed by atoms with van der Waals surface area (Å²) in [6.45, 7) is 1.40. The quantitative estimate of drug-likeness (QED) is 0.926. The summed E-state index contributed by atoms with van der Waals surface area (Å²) in [7, 11) is 1.83. The smallest absolute Gasteiger partial charge is 0.338 e. The molecule has 116 valence electrons. The Balaban J connectivity index is 2.06. The second-order valence-corrected chi connectivity index (χ2v) is 5.32. The van der Waals surface area contributed by atoms with Crippen molar-refractivity contribution < 1.29 is 18.0 Å². The van der Waals surface area contributed by atoms with Crippen molar-refractivity contribution in [3.05, 3.63) is 35.4 Å². The van der Waals surface area contributed by atoms with E-state index < -0.39 is 11.7 Å². The van der Waals surface area contributed by atoms with Crippen molar-refractivity contribution in [2.24, 2.45) is 0 Å². The van der Waals surface area contributed by atoms with Gasteiger partial charge in [0.2, 0.25) is 5.91 Å². The van der Waals surface area contributed by atoms with E-state index in [0.717, 1.165) is 25.0 Å². The van der Waals surface area contributed by atoms with Crippen LogP contribution in [0.4, 0.5) is 13.2 Å². The molecule has 6 heteroatoms. The predicted molar refractivity (Wildman–Crippen MR) is 73.8 cm³/mol. The Hall–Kier alpha value is -1.56. The van der Waals surface area contributed by atoms with Crippen molar-refractivity contribution >= 4 is 5.91 Å². The van der Waals surface area contributed by atoms with Gasteiger partial charge in [-0.05, 0) is 31.5 Å². The number of hydrogen-bond acceptors (Lipinski definition) is 2. The normalized spacial score (nSPS) is 19.0. The van der Waals surface area contributed by atoms with E-state index in [2.05, 4.69) is 5.32 Å². The third-order valence-corrected chi connectivity index (χ3v) is 3.75. The van der Waals surface area contributed by atoms with Crippen molar-refractivity contribution in [3.8, 4) is 0 Å². The van der Waals surface area contributed by atoms with Crippen LogP contribution in [0, 0.1) is 0 Å². The number of carbonyl (C=O) groups is 1. The molecule has 1 heterocycles. The number of rotatable bonds is 4. The van der Waals surface area contributed by atoms with Crippen molar-refractivity contribution in [3.63, 3.8) is 0 Å². The number of halogens is 3. The molecule has 0 aliphatic carbocycles. The lowest BCUT2D eigenvalue weighted by atomic mass is 10.1. The minimum Gasteiger partial charge on any atom is -0.338 e. The molecule has 1 aromatic carbocycles. The highest BCUT2D eigenvalue weighted by molar-refractivity contribution is 5.79. The third kappa shape index (κ3) is 3.97. The SMILES string of the molecule is CNC[C@@H]1CCCN1C(=O)Cc1cccc(C(F)(F)F)c1. The first kappa shape index (κ1) is 15.8. The van der Waals surface area contributed by atoms with Crippen LogP contribution >= 0.6 is 0 Å². The highest BCUT2D eigenvalue weighted by atomic mass is 19.4. The van der Waals surface area contributed by atoms with Crippen LogP contribution in [-0.4, -0.2) is 37.0 Å². The van der Waals surface area contributed by atoms with Gasteiger partial charge in [-0.15, -0.1) is 0 Å². The lowest BCUT2D eigenvalue weighted by molar-refractivity contribution is -0.138. The molecular formula is C15H19F3N2O. The maximum atomic E-state index is 12.7. The van der Waals surface area contributed by atoms with Gasteiger partial charge in [0.1, 0.15) is 0 Å². The van der Waals surface area contributed by atoms with E-state index in [1.807, 2.05) is 7.05 Å². The van der Waals surface area contributed by atoms with Crippen LogP contribution in [0.3, 0.4) is 0 Å². The topological polar surface area (TPSA) is 32.3 Å². The van der Waals surface area contributed by atoms with Gasteiger partial charge in [-0.25, -0.2) is 0 Å². The van der Waals surface area contributed by atoms with E-state index in [4.69, 9.17) is 0 Å². The van der Waals surface area contributed by atoms with Gasteiger partial charge in [0.05, 0.1) is 12.0 Å². The molecule has 0 spiro atoms. The molecule has 1 amide bonds. The summed E-state index contributed by atoms with van der Waals surface area (Å²) in [5.41, 5.74) is -0.300. The summed E-state index contributed by atoms with van der Waals surface area (Å²) in [6, 6.07) is 5.14. The van der Waals surface area contributed by atoms with Gasteiger partial charge >= 0.3 is 6.18 Å². The van der Waals surface area contributed by atoms with Crippen LogP contribution in [0.2, 0.25) is 0 Å². The average molecular weight is 300 g/mol. The van der Waals surface area contributed by atoms with Gasteiger partial charge in [0.15, 0.2) is 0 Å². The molecular weight excluding hydrogens is 281 g/mol. The molecule has 1 aliphatic rings. The maximum Gasteiger partial charge on any atom is 0.416 e. The lowest BCUT2D eigenvalue weighted by Crippen LogP contribution is -2.41. The number of likely N-dealkylation sites (N-methyl/N-ethyl adjacent to an activating group) is 1. The Kier molecular flexibility index (Phi) is 4.88. The van der Waals surface area contributed by atoms with E-state index in [0.29, 0.717) is 18.7 Å². The van der Waals surface area contributed by atoms with E-state index in [1.165, 1.54) is 6.07 Å². The Labute approximate surface area is 122 Å². The molecule has 1 aliphatic heterocycles. The van der Waals surface area contributed by atoms with E-state index in [9.17, 15) is 18.0 Å². The number of amides is 1. The summed E-state index contributed by atoms with van der Waals surface area (Å²) in [5.74, 6) is -0.105. The Morgan fingerprint density at radius 3 is 2.86 bits per heavy atom. The third-order valence-electron chi connectivity index (χ3n) is 3.75. The van der Waals surface area contributed by atoms with E-state index in [-0.39, 0.29) is 18.4 Å². The molecule has 2 rings (SSSR count). The zero-order valence-corrected chi connectivity index (χ0v) is 11.9. The summed E-state index contributed by atoms with van der Waals surface area (Å²) < 4.78 is 38.0. The van der Waals surface area contributed by atoms with Gasteiger partial charge < -0.3 is 10.2 Å². The van der Waals surface area contributed by atoms with Crippen molar-refractivity contribution in [1.82, 2.24) is 10.2 Å². The minimum absolute atomic E-state index is 0.0180. The van der Waals surface area contributed by atoms with Gasteiger partial charge in [-0.2, -0.15) is 13.2 Å². The van der Waals surface area contributed by atoms with Crippen molar-refractivity contribution in [1.29, 1.82) is 0 Å². The summed E-state index contributed by atoms with van der Waals surface area (Å²) >= 11 is 0. The van der Waals surface area contributed by atoms with E-state index in [1.54, 1.807) is 11.0 Å². The van der Waals surface area contributed by atoms with Crippen LogP contribution in [0.1, 0.15) is 24.0 Å². The summed E-state index contributed by atoms with van der Waals surface area (Å²) in [5, 5.41) is 3.04. The van der Waals surface area contributed by atoms with Crippen molar-refractivity contribution in [2.75, 3.05) is 20.1 Å². The first-order valence-electron chi connectivity index (χ1n) is 7.02. The second-order valence-electron chi connectivity index (χ2n) is 5.32. The molecule has 1 atom stereocenters. The molecule has 0 bridgehead atoms. The molecule has 0 radical (unpaired) electrons. The fourth-order valence-electron chi connectivity index (χ4n) is 2.75. The molecule has 0 unspecified atom stereocenters. The monoisotopic (exact) mass is 300 g/mol. The summed E-state index contributed by atoms with van der Waals surface area (Å²) in [4.78, 5) is 14.1. The molecule has 0 saturated carbocycles. The second kappa shape index (κ2) is 6.47. The molecule has 1 aromatic rings. The Morgan fingerprint density at radius 2 is 2.19 bits per heavy atom. The standard InChI is InChI=1S/C15H19F3N2O/c1-19-10-13-6-3-7-20(13)14(21)9-11-4-2-5-12(8-11)15(16,17)18/h2,4-5,8,13,19H,3,6-7,9-10H2,1H3/t13-/m0/s1. The average Bonchev–Trinajstić information content (AvgIpc) is 2.87. The first-order chi connectivity index (χ1) is 9.91. The molecule has 0 aromatic heterocycles. The maximum absolute atomic E-state index is 12.7. The largest absolute Gasteiger partial charge is 0.416 e. The van der Waals surface area contributed by atoms with Gasteiger partial charge in [0, 0.05) is 19.1 Å². The van der Waals surface area contributed by atoms with Gasteiger partial charge in [-0.3, -0.25) is 4.79 Å². The predicted octanol–water partition coefficient (Wildman–Crippen LogP) is 2.46. The zero-order valence-electron chi connectivity index (χ0n) is 11.9. The first-order valence-corrected chi connectivity index (χ1v) is 7.02. The van der Waals surface area contributed by atoms with Crippen LogP contribution in [0.15, 0.2) is 24.3 Å². The highest BCUT2D eigenvalue weighted by Crippen LogP contribution is 2.29. The summed E-state index contributed by atoms with van der Waals surface area (Å²) in [6.07, 6.45) is -2.47. The highest BCUT2D eigenvalue weighted by Gasteiger charge is 2.31. The number of alkyl halides is 3. The van der Waals surface area contributed by atoms with Crippen molar-refractivity contribution in [2.45, 2.75) is 31.5 Å². The molecule has 3 nitrogen and oxygen atoms in total. The van der Waals surface area contributed by atoms with Crippen LogP contribution < -0.4 is 5.32 Å². The molecule has 1 saturated heterocycles. The number of likely N-dealkylation sites (tertiary alicyclic amines) is 1. The van der Waals surface area contributed by atoms with E-state index >= 15 is 0 Å². The van der Waals surface area contributed by atoms with Crippen LogP contribution in [0.5, 0.6) is 0 Å². The number of nitrogens with zero attached hydrogens (tertiary/aromatic N) is 1. The van der Waals surface area contributed by atoms with Crippen LogP contribution in [-0.2, 0) is 17.4 Å². The van der Waals surface area contributed by atoms with Gasteiger partial charge in [0.25, 0.3) is 0 Å². The number of benzene rings is 1. The number of hydrogen-bond donors (Lipinski definition) is 1. The molecule has 21 heavy (non-hydrogen) atoms. The van der Waals surface area contributed by atoms with Gasteiger partial charge in [-0.1, -0.05) is 18.2 Å².